The number of halogens is 2. The van der Waals surface area contributed by atoms with Gasteiger partial charge in [0.2, 0.25) is 0 Å². The number of piperazine rings is 1. The first-order chi connectivity index (χ1) is 20.4. The Morgan fingerprint density at radius 3 is 2.79 bits per heavy atom. The molecule has 3 aromatic carbocycles. The summed E-state index contributed by atoms with van der Waals surface area (Å²) in [5.41, 5.74) is 3.33. The number of alkyl halides is 1. The zero-order valence-corrected chi connectivity index (χ0v) is 24.5. The molecule has 8 rings (SSSR count). The number of ether oxygens (including phenoxy) is 1. The molecule has 4 atom stereocenters. The van der Waals surface area contributed by atoms with Gasteiger partial charge in [0.05, 0.1) is 11.1 Å². The van der Waals surface area contributed by atoms with Crippen LogP contribution in [0.4, 0.5) is 10.2 Å². The Labute approximate surface area is 249 Å². The van der Waals surface area contributed by atoms with E-state index in [0.717, 1.165) is 89.5 Å². The molecule has 4 aliphatic rings. The fourth-order valence-electron chi connectivity index (χ4n) is 8.20. The summed E-state index contributed by atoms with van der Waals surface area (Å²) in [5, 5.41) is 17.6. The van der Waals surface area contributed by atoms with Crippen LogP contribution in [0.1, 0.15) is 37.7 Å². The maximum absolute atomic E-state index is 14.5. The van der Waals surface area contributed by atoms with Gasteiger partial charge in [-0.15, -0.1) is 0 Å². The molecule has 0 spiro atoms. The first-order valence-electron chi connectivity index (χ1n) is 15.1. The fraction of sp³-hybridized carbons (Fsp3) is 0.455. The van der Waals surface area contributed by atoms with Gasteiger partial charge in [-0.1, -0.05) is 29.8 Å². The van der Waals surface area contributed by atoms with Crippen LogP contribution in [0, 0.1) is 6.92 Å². The number of anilines is 1. The lowest BCUT2D eigenvalue weighted by molar-refractivity contribution is 0.107. The summed E-state index contributed by atoms with van der Waals surface area (Å²) in [5.74, 6) is 1.10. The summed E-state index contributed by atoms with van der Waals surface area (Å²) in [6.07, 6.45) is 3.94. The van der Waals surface area contributed by atoms with Gasteiger partial charge in [-0.2, -0.15) is 9.97 Å². The van der Waals surface area contributed by atoms with Crippen LogP contribution >= 0.6 is 11.6 Å². The van der Waals surface area contributed by atoms with Crippen molar-refractivity contribution in [1.82, 2.24) is 20.2 Å². The third-order valence-electron chi connectivity index (χ3n) is 10.1. The summed E-state index contributed by atoms with van der Waals surface area (Å²) in [6, 6.07) is 14.5. The van der Waals surface area contributed by atoms with Crippen molar-refractivity contribution in [2.45, 2.75) is 62.8 Å². The smallest absolute Gasteiger partial charge is 0.319 e. The monoisotopic (exact) mass is 587 g/mol. The molecule has 4 fully saturated rings. The van der Waals surface area contributed by atoms with Gasteiger partial charge in [0, 0.05) is 53.9 Å². The van der Waals surface area contributed by atoms with E-state index in [9.17, 15) is 9.50 Å². The van der Waals surface area contributed by atoms with Gasteiger partial charge in [0.15, 0.2) is 0 Å². The maximum Gasteiger partial charge on any atom is 0.319 e. The third-order valence-corrected chi connectivity index (χ3v) is 10.5. The molecular formula is C33H35ClFN5O2. The SMILES string of the molecule is Cc1c(-c2cc(O)cc3cccc(Cl)c23)ccc2c(N3[C@@H]4CC[C@H]3CNC4)nc(OC[C@@]34CCCN3C[C@H](F)C4)nc12. The summed E-state index contributed by atoms with van der Waals surface area (Å²) in [4.78, 5) is 14.8. The van der Waals surface area contributed by atoms with Crippen molar-refractivity contribution in [1.29, 1.82) is 0 Å². The van der Waals surface area contributed by atoms with E-state index >= 15 is 0 Å². The first-order valence-corrected chi connectivity index (χ1v) is 15.5. The largest absolute Gasteiger partial charge is 0.508 e. The Morgan fingerprint density at radius 1 is 1.12 bits per heavy atom. The second kappa shape index (κ2) is 9.93. The predicted molar refractivity (Wildman–Crippen MR) is 165 cm³/mol. The van der Waals surface area contributed by atoms with Gasteiger partial charge in [0.1, 0.15) is 24.3 Å². The Bertz CT molecular complexity index is 1700. The normalized spacial score (nSPS) is 27.3. The molecule has 0 aliphatic carbocycles. The molecule has 0 unspecified atom stereocenters. The molecule has 0 saturated carbocycles. The van der Waals surface area contributed by atoms with Crippen LogP contribution in [0.3, 0.4) is 0 Å². The minimum atomic E-state index is -0.813. The van der Waals surface area contributed by atoms with Crippen LogP contribution in [-0.4, -0.2) is 76.6 Å². The van der Waals surface area contributed by atoms with Crippen LogP contribution in [0.2, 0.25) is 5.02 Å². The highest BCUT2D eigenvalue weighted by Gasteiger charge is 2.49. The number of nitrogens with zero attached hydrogens (tertiary/aromatic N) is 4. The molecule has 1 aromatic heterocycles. The topological polar surface area (TPSA) is 73.8 Å². The lowest BCUT2D eigenvalue weighted by Crippen LogP contribution is -2.52. The standard InChI is InChI=1S/C33H35ClFN5O2/c1-19-25(27-13-24(41)12-20-4-2-5-28(34)29(20)27)8-9-26-30(19)37-32(38-31(26)40-22-6-7-23(40)16-36-15-22)42-18-33-10-3-11-39(33)17-21(35)14-33/h2,4-5,8-9,12-13,21-23,36,41H,3,6-7,10-11,14-18H2,1H3/t21-,22-,23+,33+/m1/s1. The molecule has 2 bridgehead atoms. The van der Waals surface area contributed by atoms with E-state index in [2.05, 4.69) is 34.2 Å². The second-order valence-electron chi connectivity index (χ2n) is 12.6. The van der Waals surface area contributed by atoms with Gasteiger partial charge in [-0.25, -0.2) is 4.39 Å². The van der Waals surface area contributed by atoms with Gasteiger partial charge in [-0.05, 0) is 85.5 Å². The van der Waals surface area contributed by atoms with E-state index in [1.165, 1.54) is 0 Å². The summed E-state index contributed by atoms with van der Waals surface area (Å²) < 4.78 is 20.9. The van der Waals surface area contributed by atoms with Gasteiger partial charge >= 0.3 is 6.01 Å². The molecule has 0 radical (unpaired) electrons. The van der Waals surface area contributed by atoms with Crippen molar-refractivity contribution < 1.29 is 14.2 Å². The number of aromatic nitrogens is 2. The number of rotatable bonds is 5. The maximum atomic E-state index is 14.5. The van der Waals surface area contributed by atoms with Gasteiger partial charge in [-0.3, -0.25) is 4.90 Å². The number of fused-ring (bicyclic) bond motifs is 5. The van der Waals surface area contributed by atoms with Crippen molar-refractivity contribution in [3.05, 3.63) is 53.1 Å². The summed E-state index contributed by atoms with van der Waals surface area (Å²) in [7, 11) is 0. The number of benzene rings is 3. The molecular weight excluding hydrogens is 553 g/mol. The highest BCUT2D eigenvalue weighted by molar-refractivity contribution is 6.36. The number of aryl methyl sites for hydroxylation is 1. The van der Waals surface area contributed by atoms with Crippen molar-refractivity contribution in [3.63, 3.8) is 0 Å². The summed E-state index contributed by atoms with van der Waals surface area (Å²) in [6.45, 7) is 5.72. The molecule has 7 nitrogen and oxygen atoms in total. The first kappa shape index (κ1) is 26.4. The molecule has 4 saturated heterocycles. The number of phenols is 1. The minimum Gasteiger partial charge on any atom is -0.508 e. The number of nitrogens with one attached hydrogen (secondary N) is 1. The van der Waals surface area contributed by atoms with E-state index in [1.807, 2.05) is 18.2 Å². The Morgan fingerprint density at radius 2 is 1.95 bits per heavy atom. The fourth-order valence-corrected chi connectivity index (χ4v) is 8.48. The van der Waals surface area contributed by atoms with Crippen molar-refractivity contribution >= 4 is 39.1 Å². The highest BCUT2D eigenvalue weighted by atomic mass is 35.5. The third kappa shape index (κ3) is 4.13. The number of hydrogen-bond acceptors (Lipinski definition) is 7. The highest BCUT2D eigenvalue weighted by Crippen LogP contribution is 2.44. The van der Waals surface area contributed by atoms with Gasteiger partial charge in [0.25, 0.3) is 0 Å². The van der Waals surface area contributed by atoms with E-state index in [1.54, 1.807) is 12.1 Å². The van der Waals surface area contributed by atoms with Crippen molar-refractivity contribution in [3.8, 4) is 22.9 Å². The predicted octanol–water partition coefficient (Wildman–Crippen LogP) is 6.01. The Kier molecular flexibility index (Phi) is 6.25. The molecule has 2 N–H and O–H groups in total. The minimum absolute atomic E-state index is 0.187. The quantitative estimate of drug-likeness (QED) is 0.296. The Balaban J connectivity index is 1.28. The van der Waals surface area contributed by atoms with E-state index in [0.29, 0.717) is 42.7 Å². The van der Waals surface area contributed by atoms with Crippen LogP contribution in [0.15, 0.2) is 42.5 Å². The molecule has 0 amide bonds. The molecule has 5 heterocycles. The average molecular weight is 588 g/mol. The van der Waals surface area contributed by atoms with Crippen LogP contribution in [-0.2, 0) is 0 Å². The average Bonchev–Trinajstić information content (AvgIpc) is 3.58. The second-order valence-corrected chi connectivity index (χ2v) is 13.0. The lowest BCUT2D eigenvalue weighted by atomic mass is 9.93. The lowest BCUT2D eigenvalue weighted by Gasteiger charge is -2.37. The van der Waals surface area contributed by atoms with Crippen LogP contribution in [0.25, 0.3) is 32.8 Å². The number of aromatic hydroxyl groups is 1. The summed E-state index contributed by atoms with van der Waals surface area (Å²) >= 11 is 6.71. The van der Waals surface area contributed by atoms with Gasteiger partial charge < -0.3 is 20.1 Å². The number of phenolic OH excluding ortho intramolecular Hbond substituents is 1. The van der Waals surface area contributed by atoms with Crippen molar-refractivity contribution in [2.24, 2.45) is 0 Å². The van der Waals surface area contributed by atoms with Crippen LogP contribution < -0.4 is 15.0 Å². The van der Waals surface area contributed by atoms with E-state index < -0.39 is 6.17 Å². The van der Waals surface area contributed by atoms with Crippen LogP contribution in [0.5, 0.6) is 11.8 Å². The van der Waals surface area contributed by atoms with E-state index in [4.69, 9.17) is 26.3 Å². The molecule has 9 heteroatoms. The Hall–Kier alpha value is -3.20. The molecule has 4 aromatic rings. The molecule has 4 aliphatic heterocycles. The van der Waals surface area contributed by atoms with E-state index in [-0.39, 0.29) is 11.3 Å². The zero-order chi connectivity index (χ0) is 28.6. The molecule has 42 heavy (non-hydrogen) atoms. The van der Waals surface area contributed by atoms with Crippen molar-refractivity contribution in [2.75, 3.05) is 37.7 Å². The number of hydrogen-bond donors (Lipinski definition) is 2. The molecule has 218 valence electrons. The zero-order valence-electron chi connectivity index (χ0n) is 23.7.